The summed E-state index contributed by atoms with van der Waals surface area (Å²) in [5.41, 5.74) is 2.16. The van der Waals surface area contributed by atoms with Gasteiger partial charge in [-0.2, -0.15) is 0 Å². The molecule has 0 aromatic heterocycles. The zero-order chi connectivity index (χ0) is 10.8. The van der Waals surface area contributed by atoms with Gasteiger partial charge in [-0.25, -0.2) is 0 Å². The number of rotatable bonds is 1. The van der Waals surface area contributed by atoms with Crippen LogP contribution in [0.15, 0.2) is 24.3 Å². The first-order chi connectivity index (χ1) is 7.18. The maximum Gasteiger partial charge on any atom is 0.309 e. The highest BCUT2D eigenvalue weighted by molar-refractivity contribution is 6.35. The predicted octanol–water partition coefficient (Wildman–Crippen LogP) is 0.282. The van der Waals surface area contributed by atoms with Gasteiger partial charge >= 0.3 is 11.8 Å². The fourth-order valence-corrected chi connectivity index (χ4v) is 1.72. The van der Waals surface area contributed by atoms with E-state index in [-0.39, 0.29) is 6.04 Å². The van der Waals surface area contributed by atoms with Crippen molar-refractivity contribution in [1.82, 2.24) is 10.6 Å². The number of benzene rings is 1. The minimum Gasteiger partial charge on any atom is -0.345 e. The minimum atomic E-state index is -0.561. The maximum atomic E-state index is 11.2. The lowest BCUT2D eigenvalue weighted by Crippen LogP contribution is -2.51. The molecule has 1 aromatic carbocycles. The number of nitrogens with one attached hydrogen (secondary N) is 2. The predicted molar refractivity (Wildman–Crippen MR) is 55.1 cm³/mol. The van der Waals surface area contributed by atoms with Crippen molar-refractivity contribution in [1.29, 1.82) is 0 Å². The largest absolute Gasteiger partial charge is 0.345 e. The Bertz CT molecular complexity index is 415. The summed E-state index contributed by atoms with van der Waals surface area (Å²) in [4.78, 5) is 22.1. The molecule has 0 spiro atoms. The van der Waals surface area contributed by atoms with E-state index in [2.05, 4.69) is 10.6 Å². The van der Waals surface area contributed by atoms with E-state index in [0.29, 0.717) is 6.54 Å². The second-order valence-electron chi connectivity index (χ2n) is 3.59. The van der Waals surface area contributed by atoms with Crippen molar-refractivity contribution in [3.63, 3.8) is 0 Å². The van der Waals surface area contributed by atoms with Crippen LogP contribution in [0.2, 0.25) is 0 Å². The van der Waals surface area contributed by atoms with Gasteiger partial charge in [0.1, 0.15) is 0 Å². The minimum absolute atomic E-state index is 0.114. The highest BCUT2D eigenvalue weighted by atomic mass is 16.2. The third-order valence-corrected chi connectivity index (χ3v) is 2.54. The molecule has 4 nitrogen and oxygen atoms in total. The summed E-state index contributed by atoms with van der Waals surface area (Å²) < 4.78 is 0. The van der Waals surface area contributed by atoms with Gasteiger partial charge in [-0.05, 0) is 18.1 Å². The number of hydrogen-bond acceptors (Lipinski definition) is 2. The molecule has 78 valence electrons. The van der Waals surface area contributed by atoms with Gasteiger partial charge in [0.2, 0.25) is 0 Å². The first kappa shape index (κ1) is 9.71. The van der Waals surface area contributed by atoms with Crippen LogP contribution in [0.1, 0.15) is 17.2 Å². The molecule has 1 unspecified atom stereocenters. The molecular weight excluding hydrogens is 192 g/mol. The number of aryl methyl sites for hydroxylation is 1. The Morgan fingerprint density at radius 2 is 1.93 bits per heavy atom. The van der Waals surface area contributed by atoms with Crippen LogP contribution in [0.4, 0.5) is 0 Å². The smallest absolute Gasteiger partial charge is 0.309 e. The molecule has 0 aliphatic carbocycles. The summed E-state index contributed by atoms with van der Waals surface area (Å²) in [5.74, 6) is -1.12. The quantitative estimate of drug-likeness (QED) is 0.646. The highest BCUT2D eigenvalue weighted by Crippen LogP contribution is 2.17. The van der Waals surface area contributed by atoms with Gasteiger partial charge in [-0.3, -0.25) is 9.59 Å². The Balaban J connectivity index is 2.23. The topological polar surface area (TPSA) is 58.2 Å². The third kappa shape index (κ3) is 1.83. The lowest BCUT2D eigenvalue weighted by molar-refractivity contribution is -0.141. The van der Waals surface area contributed by atoms with Crippen LogP contribution in [-0.2, 0) is 9.59 Å². The third-order valence-electron chi connectivity index (χ3n) is 2.54. The van der Waals surface area contributed by atoms with E-state index < -0.39 is 11.8 Å². The number of hydrogen-bond donors (Lipinski definition) is 2. The summed E-state index contributed by atoms with van der Waals surface area (Å²) in [5, 5.41) is 5.23. The molecule has 15 heavy (non-hydrogen) atoms. The van der Waals surface area contributed by atoms with Crippen molar-refractivity contribution in [2.75, 3.05) is 6.54 Å². The van der Waals surface area contributed by atoms with Gasteiger partial charge in [-0.15, -0.1) is 0 Å². The SMILES string of the molecule is Cc1ccccc1C1CNC(=O)C(=O)N1. The first-order valence-electron chi connectivity index (χ1n) is 4.82. The molecule has 1 aromatic rings. The van der Waals surface area contributed by atoms with Crippen molar-refractivity contribution < 1.29 is 9.59 Å². The van der Waals surface area contributed by atoms with Crippen LogP contribution in [0.3, 0.4) is 0 Å². The van der Waals surface area contributed by atoms with Crippen LogP contribution < -0.4 is 10.6 Å². The van der Waals surface area contributed by atoms with E-state index in [4.69, 9.17) is 0 Å². The van der Waals surface area contributed by atoms with E-state index >= 15 is 0 Å². The fourth-order valence-electron chi connectivity index (χ4n) is 1.72. The van der Waals surface area contributed by atoms with E-state index in [1.165, 1.54) is 0 Å². The molecule has 0 bridgehead atoms. The maximum absolute atomic E-state index is 11.2. The molecule has 0 saturated carbocycles. The molecule has 1 saturated heterocycles. The van der Waals surface area contributed by atoms with Gasteiger partial charge in [0.15, 0.2) is 0 Å². The summed E-state index contributed by atoms with van der Waals surface area (Å²) in [6.07, 6.45) is 0. The Morgan fingerprint density at radius 1 is 1.20 bits per heavy atom. The molecular formula is C11H12N2O2. The van der Waals surface area contributed by atoms with Crippen LogP contribution in [0, 0.1) is 6.92 Å². The van der Waals surface area contributed by atoms with Crippen LogP contribution >= 0.6 is 0 Å². The molecule has 1 heterocycles. The van der Waals surface area contributed by atoms with Crippen molar-refractivity contribution in [2.24, 2.45) is 0 Å². The Morgan fingerprint density at radius 3 is 2.60 bits per heavy atom. The summed E-state index contributed by atoms with van der Waals surface area (Å²) in [6, 6.07) is 7.69. The van der Waals surface area contributed by atoms with Crippen LogP contribution in [-0.4, -0.2) is 18.4 Å². The molecule has 1 atom stereocenters. The summed E-state index contributed by atoms with van der Waals surface area (Å²) >= 11 is 0. The average Bonchev–Trinajstić information content (AvgIpc) is 2.23. The van der Waals surface area contributed by atoms with Crippen molar-refractivity contribution >= 4 is 11.8 Å². The second-order valence-corrected chi connectivity index (χ2v) is 3.59. The fraction of sp³-hybridized carbons (Fsp3) is 0.273. The van der Waals surface area contributed by atoms with Crippen LogP contribution in [0.5, 0.6) is 0 Å². The average molecular weight is 204 g/mol. The lowest BCUT2D eigenvalue weighted by atomic mass is 10.00. The molecule has 4 heteroatoms. The number of amides is 2. The van der Waals surface area contributed by atoms with Crippen molar-refractivity contribution in [2.45, 2.75) is 13.0 Å². The summed E-state index contributed by atoms with van der Waals surface area (Å²) in [6.45, 7) is 2.44. The van der Waals surface area contributed by atoms with Crippen molar-refractivity contribution in [3.8, 4) is 0 Å². The normalized spacial score (nSPS) is 20.7. The zero-order valence-corrected chi connectivity index (χ0v) is 8.41. The van der Waals surface area contributed by atoms with E-state index in [1.54, 1.807) is 0 Å². The van der Waals surface area contributed by atoms with E-state index in [9.17, 15) is 9.59 Å². The molecule has 2 amide bonds. The number of carbonyl (C=O) groups excluding carboxylic acids is 2. The molecule has 2 rings (SSSR count). The summed E-state index contributed by atoms with van der Waals surface area (Å²) in [7, 11) is 0. The van der Waals surface area contributed by atoms with Gasteiger partial charge in [-0.1, -0.05) is 24.3 Å². The lowest BCUT2D eigenvalue weighted by Gasteiger charge is -2.25. The van der Waals surface area contributed by atoms with E-state index in [0.717, 1.165) is 11.1 Å². The van der Waals surface area contributed by atoms with Gasteiger partial charge in [0, 0.05) is 6.54 Å². The monoisotopic (exact) mass is 204 g/mol. The standard InChI is InChI=1S/C11H12N2O2/c1-7-4-2-3-5-8(7)9-6-12-10(14)11(15)13-9/h2-5,9H,6H2,1H3,(H,12,14)(H,13,15). The highest BCUT2D eigenvalue weighted by Gasteiger charge is 2.26. The van der Waals surface area contributed by atoms with E-state index in [1.807, 2.05) is 31.2 Å². The van der Waals surface area contributed by atoms with Gasteiger partial charge < -0.3 is 10.6 Å². The Hall–Kier alpha value is -1.84. The molecule has 1 aliphatic heterocycles. The second kappa shape index (κ2) is 3.73. The van der Waals surface area contributed by atoms with Gasteiger partial charge in [0.25, 0.3) is 0 Å². The molecule has 1 fully saturated rings. The molecule has 0 radical (unpaired) electrons. The van der Waals surface area contributed by atoms with Crippen molar-refractivity contribution in [3.05, 3.63) is 35.4 Å². The first-order valence-corrected chi connectivity index (χ1v) is 4.82. The molecule has 1 aliphatic rings. The zero-order valence-electron chi connectivity index (χ0n) is 8.41. The Kier molecular flexibility index (Phi) is 2.41. The van der Waals surface area contributed by atoms with Gasteiger partial charge in [0.05, 0.1) is 6.04 Å². The number of piperazine rings is 1. The number of carbonyl (C=O) groups is 2. The molecule has 2 N–H and O–H groups in total. The Labute approximate surface area is 87.7 Å². The van der Waals surface area contributed by atoms with Crippen LogP contribution in [0.25, 0.3) is 0 Å².